The van der Waals surface area contributed by atoms with Gasteiger partial charge in [0.1, 0.15) is 6.07 Å². The zero-order chi connectivity index (χ0) is 19.3. The van der Waals surface area contributed by atoms with Crippen molar-refractivity contribution < 1.29 is 9.53 Å². The molecule has 4 rings (SSSR count). The first-order chi connectivity index (χ1) is 13.7. The first-order valence-electron chi connectivity index (χ1n) is 8.75. The molecule has 3 heterocycles. The number of nitriles is 1. The number of anilines is 1. The second-order valence-electron chi connectivity index (χ2n) is 6.16. The summed E-state index contributed by atoms with van der Waals surface area (Å²) in [4.78, 5) is 20.5. The highest BCUT2D eigenvalue weighted by Gasteiger charge is 2.16. The third kappa shape index (κ3) is 3.88. The fourth-order valence-electron chi connectivity index (χ4n) is 2.83. The van der Waals surface area contributed by atoms with E-state index in [0.717, 1.165) is 18.7 Å². The number of hydrogen-bond acceptors (Lipinski definition) is 7. The molecule has 2 aromatic heterocycles. The van der Waals surface area contributed by atoms with Crippen LogP contribution in [-0.4, -0.2) is 45.4 Å². The summed E-state index contributed by atoms with van der Waals surface area (Å²) < 4.78 is 7.15. The van der Waals surface area contributed by atoms with E-state index in [2.05, 4.69) is 25.7 Å². The minimum atomic E-state index is -0.330. The number of hydrogen-bond donors (Lipinski definition) is 2. The van der Waals surface area contributed by atoms with Gasteiger partial charge < -0.3 is 15.4 Å². The number of ether oxygens (including phenoxy) is 1. The third-order valence-corrected chi connectivity index (χ3v) is 4.28. The van der Waals surface area contributed by atoms with Crippen LogP contribution >= 0.6 is 0 Å². The fourth-order valence-corrected chi connectivity index (χ4v) is 2.83. The van der Waals surface area contributed by atoms with E-state index in [0.29, 0.717) is 18.1 Å². The summed E-state index contributed by atoms with van der Waals surface area (Å²) in [7, 11) is 0. The van der Waals surface area contributed by atoms with Crippen LogP contribution in [0.15, 0.2) is 48.9 Å². The molecule has 1 atom stereocenters. The zero-order valence-corrected chi connectivity index (χ0v) is 14.9. The summed E-state index contributed by atoms with van der Waals surface area (Å²) in [6.07, 6.45) is 4.42. The van der Waals surface area contributed by atoms with Gasteiger partial charge >= 0.3 is 0 Å². The number of amides is 1. The molecule has 3 aromatic rings. The number of carbonyl (C=O) groups is 1. The largest absolute Gasteiger partial charge is 0.371 e. The standard InChI is InChI=1S/C19H17N7O2/c20-9-15-10-23-18(12-22-15)26-7-5-16(25-26)19(27)24-14-3-1-13(2-4-14)17-11-21-6-8-28-17/h1-5,7,10,12,17,21H,6,8,11H2,(H,24,27). The van der Waals surface area contributed by atoms with Crippen LogP contribution in [0.2, 0.25) is 0 Å². The van der Waals surface area contributed by atoms with E-state index in [1.165, 1.54) is 17.1 Å². The number of rotatable bonds is 4. The molecule has 0 aliphatic carbocycles. The molecule has 0 radical (unpaired) electrons. The van der Waals surface area contributed by atoms with Gasteiger partial charge in [-0.3, -0.25) is 4.79 Å². The maximum atomic E-state index is 12.4. The average molecular weight is 375 g/mol. The molecule has 1 aromatic carbocycles. The van der Waals surface area contributed by atoms with Crippen LogP contribution in [0.25, 0.3) is 5.82 Å². The Morgan fingerprint density at radius 3 is 2.79 bits per heavy atom. The fraction of sp³-hybridized carbons (Fsp3) is 0.211. The maximum absolute atomic E-state index is 12.4. The van der Waals surface area contributed by atoms with Crippen LogP contribution in [0, 0.1) is 11.3 Å². The Hall–Kier alpha value is -3.61. The molecule has 140 valence electrons. The molecule has 0 saturated carbocycles. The van der Waals surface area contributed by atoms with Crippen molar-refractivity contribution >= 4 is 11.6 Å². The molecule has 0 spiro atoms. The van der Waals surface area contributed by atoms with Crippen LogP contribution in [-0.2, 0) is 4.74 Å². The summed E-state index contributed by atoms with van der Waals surface area (Å²) in [5.74, 6) is 0.0900. The monoisotopic (exact) mass is 375 g/mol. The van der Waals surface area contributed by atoms with Crippen molar-refractivity contribution in [3.63, 3.8) is 0 Å². The molecular weight excluding hydrogens is 358 g/mol. The summed E-state index contributed by atoms with van der Waals surface area (Å²) in [5.41, 5.74) is 2.20. The SMILES string of the molecule is N#Cc1cnc(-n2ccc(C(=O)Nc3ccc(C4CNCCO4)cc3)n2)cn1. The van der Waals surface area contributed by atoms with E-state index >= 15 is 0 Å². The van der Waals surface area contributed by atoms with Gasteiger partial charge in [-0.05, 0) is 23.8 Å². The molecule has 1 aliphatic rings. The molecule has 1 amide bonds. The molecule has 1 unspecified atom stereocenters. The summed E-state index contributed by atoms with van der Waals surface area (Å²) in [5, 5.41) is 19.1. The molecule has 1 aliphatic heterocycles. The van der Waals surface area contributed by atoms with Crippen molar-refractivity contribution in [2.75, 3.05) is 25.0 Å². The van der Waals surface area contributed by atoms with E-state index in [-0.39, 0.29) is 23.4 Å². The van der Waals surface area contributed by atoms with Crippen LogP contribution in [0.3, 0.4) is 0 Å². The van der Waals surface area contributed by atoms with Crippen LogP contribution < -0.4 is 10.6 Å². The number of carbonyl (C=O) groups excluding carboxylic acids is 1. The number of nitrogens with one attached hydrogen (secondary N) is 2. The third-order valence-electron chi connectivity index (χ3n) is 4.28. The van der Waals surface area contributed by atoms with E-state index in [9.17, 15) is 4.79 Å². The van der Waals surface area contributed by atoms with Gasteiger partial charge in [-0.2, -0.15) is 10.4 Å². The minimum absolute atomic E-state index is 0.0303. The number of morpholine rings is 1. The lowest BCUT2D eigenvalue weighted by molar-refractivity contribution is 0.0277. The molecule has 0 bridgehead atoms. The van der Waals surface area contributed by atoms with Crippen LogP contribution in [0.5, 0.6) is 0 Å². The number of aromatic nitrogens is 4. The Morgan fingerprint density at radius 2 is 2.11 bits per heavy atom. The van der Waals surface area contributed by atoms with E-state index < -0.39 is 0 Å². The second kappa shape index (κ2) is 7.96. The molecule has 2 N–H and O–H groups in total. The second-order valence-corrected chi connectivity index (χ2v) is 6.16. The first-order valence-corrected chi connectivity index (χ1v) is 8.75. The quantitative estimate of drug-likeness (QED) is 0.708. The van der Waals surface area contributed by atoms with E-state index in [1.54, 1.807) is 12.3 Å². The molecule has 1 saturated heterocycles. The number of benzene rings is 1. The highest BCUT2D eigenvalue weighted by atomic mass is 16.5. The summed E-state index contributed by atoms with van der Waals surface area (Å²) >= 11 is 0. The molecule has 28 heavy (non-hydrogen) atoms. The Balaban J connectivity index is 1.42. The smallest absolute Gasteiger partial charge is 0.276 e. The maximum Gasteiger partial charge on any atom is 0.276 e. The topological polar surface area (TPSA) is 118 Å². The van der Waals surface area contributed by atoms with Gasteiger partial charge in [-0.25, -0.2) is 14.6 Å². The van der Waals surface area contributed by atoms with Gasteiger partial charge in [0, 0.05) is 25.0 Å². The Kier molecular flexibility index (Phi) is 5.05. The van der Waals surface area contributed by atoms with Crippen molar-refractivity contribution in [2.24, 2.45) is 0 Å². The van der Waals surface area contributed by atoms with Crippen molar-refractivity contribution in [3.05, 3.63) is 65.9 Å². The number of nitrogens with zero attached hydrogens (tertiary/aromatic N) is 5. The Morgan fingerprint density at radius 1 is 1.25 bits per heavy atom. The minimum Gasteiger partial charge on any atom is -0.371 e. The lowest BCUT2D eigenvalue weighted by Gasteiger charge is -2.24. The van der Waals surface area contributed by atoms with Gasteiger partial charge in [0.05, 0.1) is 25.1 Å². The molecule has 9 nitrogen and oxygen atoms in total. The van der Waals surface area contributed by atoms with Crippen molar-refractivity contribution in [1.29, 1.82) is 5.26 Å². The first kappa shape index (κ1) is 17.8. The van der Waals surface area contributed by atoms with Crippen molar-refractivity contribution in [1.82, 2.24) is 25.1 Å². The lowest BCUT2D eigenvalue weighted by atomic mass is 10.1. The molecule has 1 fully saturated rings. The summed E-state index contributed by atoms with van der Waals surface area (Å²) in [6.45, 7) is 2.34. The van der Waals surface area contributed by atoms with E-state index in [1.807, 2.05) is 30.3 Å². The zero-order valence-electron chi connectivity index (χ0n) is 14.9. The highest BCUT2D eigenvalue weighted by Crippen LogP contribution is 2.21. The Labute approximate surface area is 161 Å². The van der Waals surface area contributed by atoms with Gasteiger partial charge in [-0.15, -0.1) is 0 Å². The van der Waals surface area contributed by atoms with Gasteiger partial charge in [-0.1, -0.05) is 12.1 Å². The predicted octanol–water partition coefficient (Wildman–Crippen LogP) is 1.45. The van der Waals surface area contributed by atoms with Gasteiger partial charge in [0.2, 0.25) is 0 Å². The predicted molar refractivity (Wildman–Crippen MR) is 99.8 cm³/mol. The normalized spacial score (nSPS) is 16.3. The van der Waals surface area contributed by atoms with Gasteiger partial charge in [0.15, 0.2) is 17.2 Å². The van der Waals surface area contributed by atoms with Gasteiger partial charge in [0.25, 0.3) is 5.91 Å². The Bertz CT molecular complexity index is 1000. The van der Waals surface area contributed by atoms with Crippen molar-refractivity contribution in [2.45, 2.75) is 6.10 Å². The van der Waals surface area contributed by atoms with Crippen LogP contribution in [0.1, 0.15) is 27.8 Å². The molecular formula is C19H17N7O2. The van der Waals surface area contributed by atoms with Crippen LogP contribution in [0.4, 0.5) is 5.69 Å². The summed E-state index contributed by atoms with van der Waals surface area (Å²) in [6, 6.07) is 11.1. The van der Waals surface area contributed by atoms with E-state index in [4.69, 9.17) is 10.00 Å². The van der Waals surface area contributed by atoms with Crippen molar-refractivity contribution in [3.8, 4) is 11.9 Å². The lowest BCUT2D eigenvalue weighted by Crippen LogP contribution is -2.33. The highest BCUT2D eigenvalue weighted by molar-refractivity contribution is 6.02. The molecule has 9 heteroatoms. The average Bonchev–Trinajstić information content (AvgIpc) is 3.25.